The summed E-state index contributed by atoms with van der Waals surface area (Å²) in [5.74, 6) is -1.14. The van der Waals surface area contributed by atoms with Gasteiger partial charge in [-0.2, -0.15) is 0 Å². The fourth-order valence-electron chi connectivity index (χ4n) is 2.18. The fourth-order valence-corrected chi connectivity index (χ4v) is 2.18. The van der Waals surface area contributed by atoms with Gasteiger partial charge in [0.05, 0.1) is 11.3 Å². The summed E-state index contributed by atoms with van der Waals surface area (Å²) in [7, 11) is 0. The van der Waals surface area contributed by atoms with Crippen molar-refractivity contribution in [2.75, 3.05) is 11.9 Å². The molecule has 0 saturated carbocycles. The number of rotatable bonds is 5. The van der Waals surface area contributed by atoms with Crippen LogP contribution >= 0.6 is 0 Å². The number of benzene rings is 2. The zero-order chi connectivity index (χ0) is 19.3. The predicted octanol–water partition coefficient (Wildman–Crippen LogP) is 4.02. The van der Waals surface area contributed by atoms with E-state index in [0.29, 0.717) is 11.3 Å². The summed E-state index contributed by atoms with van der Waals surface area (Å²) >= 11 is 0. The highest BCUT2D eigenvalue weighted by molar-refractivity contribution is 6.08. The molecule has 0 fully saturated rings. The van der Waals surface area contributed by atoms with Crippen LogP contribution in [-0.2, 0) is 9.53 Å². The standard InChI is InChI=1S/C21H23NO4/c1-14-8-7-9-15(12-14)19(24)22-17-11-6-5-10-16(17)20(25)26-13-18(23)21(2,3)4/h5-12H,13H2,1-4H3,(H,22,24). The van der Waals surface area contributed by atoms with Crippen LogP contribution in [0.1, 0.15) is 47.1 Å². The van der Waals surface area contributed by atoms with Crippen molar-refractivity contribution in [3.8, 4) is 0 Å². The lowest BCUT2D eigenvalue weighted by atomic mass is 9.91. The SMILES string of the molecule is Cc1cccc(C(=O)Nc2ccccc2C(=O)OCC(=O)C(C)(C)C)c1. The van der Waals surface area contributed by atoms with Crippen molar-refractivity contribution in [3.63, 3.8) is 0 Å². The first-order valence-electron chi connectivity index (χ1n) is 8.36. The van der Waals surface area contributed by atoms with Crippen LogP contribution in [0.4, 0.5) is 5.69 Å². The summed E-state index contributed by atoms with van der Waals surface area (Å²) in [6, 6.07) is 13.7. The van der Waals surface area contributed by atoms with Crippen LogP contribution in [0.15, 0.2) is 48.5 Å². The van der Waals surface area contributed by atoms with Gasteiger partial charge in [0.25, 0.3) is 5.91 Å². The average molecular weight is 353 g/mol. The van der Waals surface area contributed by atoms with E-state index >= 15 is 0 Å². The van der Waals surface area contributed by atoms with Gasteiger partial charge in [-0.15, -0.1) is 0 Å². The van der Waals surface area contributed by atoms with E-state index in [-0.39, 0.29) is 23.9 Å². The molecule has 5 heteroatoms. The lowest BCUT2D eigenvalue weighted by molar-refractivity contribution is -0.129. The van der Waals surface area contributed by atoms with E-state index in [1.54, 1.807) is 63.2 Å². The van der Waals surface area contributed by atoms with Crippen molar-refractivity contribution < 1.29 is 19.1 Å². The monoisotopic (exact) mass is 353 g/mol. The van der Waals surface area contributed by atoms with E-state index in [2.05, 4.69) is 5.32 Å². The maximum atomic E-state index is 12.4. The highest BCUT2D eigenvalue weighted by atomic mass is 16.5. The Balaban J connectivity index is 2.13. The Bertz CT molecular complexity index is 834. The minimum atomic E-state index is -0.650. The van der Waals surface area contributed by atoms with Crippen LogP contribution < -0.4 is 5.32 Å². The number of aryl methyl sites for hydroxylation is 1. The van der Waals surface area contributed by atoms with Gasteiger partial charge < -0.3 is 10.1 Å². The molecule has 0 aliphatic rings. The summed E-state index contributed by atoms with van der Waals surface area (Å²) in [4.78, 5) is 36.7. The zero-order valence-electron chi connectivity index (χ0n) is 15.5. The molecule has 5 nitrogen and oxygen atoms in total. The maximum Gasteiger partial charge on any atom is 0.340 e. The number of carbonyl (C=O) groups is 3. The number of Topliss-reactive ketones (excluding diaryl/α,β-unsaturated/α-hetero) is 1. The number of amides is 1. The number of hydrogen-bond acceptors (Lipinski definition) is 4. The van der Waals surface area contributed by atoms with Crippen molar-refractivity contribution in [1.29, 1.82) is 0 Å². The second kappa shape index (κ2) is 7.95. The molecular weight excluding hydrogens is 330 g/mol. The first-order chi connectivity index (χ1) is 12.2. The molecule has 2 aromatic rings. The number of carbonyl (C=O) groups excluding carboxylic acids is 3. The third kappa shape index (κ3) is 5.02. The van der Waals surface area contributed by atoms with E-state index in [1.165, 1.54) is 0 Å². The van der Waals surface area contributed by atoms with Crippen LogP contribution in [0.25, 0.3) is 0 Å². The molecule has 136 valence electrons. The largest absolute Gasteiger partial charge is 0.454 e. The molecule has 0 heterocycles. The number of para-hydroxylation sites is 1. The number of anilines is 1. The molecule has 0 unspecified atom stereocenters. The smallest absolute Gasteiger partial charge is 0.340 e. The van der Waals surface area contributed by atoms with Gasteiger partial charge in [-0.3, -0.25) is 9.59 Å². The molecule has 0 aliphatic heterocycles. The van der Waals surface area contributed by atoms with E-state index in [1.807, 2.05) is 13.0 Å². The zero-order valence-corrected chi connectivity index (χ0v) is 15.5. The fraction of sp³-hybridized carbons (Fsp3) is 0.286. The Morgan fingerprint density at radius 2 is 1.69 bits per heavy atom. The summed E-state index contributed by atoms with van der Waals surface area (Å²) in [5.41, 5.74) is 1.42. The molecule has 1 N–H and O–H groups in total. The second-order valence-electron chi connectivity index (χ2n) is 7.12. The normalized spacial score (nSPS) is 10.9. The number of nitrogens with one attached hydrogen (secondary N) is 1. The lowest BCUT2D eigenvalue weighted by Gasteiger charge is -2.16. The molecule has 26 heavy (non-hydrogen) atoms. The van der Waals surface area contributed by atoms with Crippen LogP contribution in [0.2, 0.25) is 0 Å². The van der Waals surface area contributed by atoms with E-state index in [4.69, 9.17) is 4.74 Å². The Morgan fingerprint density at radius 1 is 1.00 bits per heavy atom. The van der Waals surface area contributed by atoms with E-state index in [0.717, 1.165) is 5.56 Å². The van der Waals surface area contributed by atoms with Gasteiger partial charge >= 0.3 is 5.97 Å². The molecule has 1 amide bonds. The summed E-state index contributed by atoms with van der Waals surface area (Å²) in [6.07, 6.45) is 0. The molecule has 0 radical (unpaired) electrons. The molecule has 0 spiro atoms. The van der Waals surface area contributed by atoms with Gasteiger partial charge in [-0.1, -0.05) is 50.6 Å². The Hall–Kier alpha value is -2.95. The summed E-state index contributed by atoms with van der Waals surface area (Å²) in [5, 5.41) is 2.73. The van der Waals surface area contributed by atoms with Crippen molar-refractivity contribution in [2.24, 2.45) is 5.41 Å². The first kappa shape index (κ1) is 19.4. The molecule has 0 aromatic heterocycles. The van der Waals surface area contributed by atoms with Gasteiger partial charge in [-0.25, -0.2) is 4.79 Å². The van der Waals surface area contributed by atoms with Crippen molar-refractivity contribution >= 4 is 23.3 Å². The molecule has 0 aliphatic carbocycles. The molecule has 0 atom stereocenters. The van der Waals surface area contributed by atoms with Gasteiger partial charge in [0.15, 0.2) is 12.4 Å². The van der Waals surface area contributed by atoms with Crippen LogP contribution in [-0.4, -0.2) is 24.3 Å². The van der Waals surface area contributed by atoms with Gasteiger partial charge in [-0.05, 0) is 31.2 Å². The van der Waals surface area contributed by atoms with Crippen molar-refractivity contribution in [1.82, 2.24) is 0 Å². The summed E-state index contributed by atoms with van der Waals surface area (Å²) in [6.45, 7) is 6.88. The predicted molar refractivity (Wildman–Crippen MR) is 100 cm³/mol. The van der Waals surface area contributed by atoms with Crippen molar-refractivity contribution in [3.05, 3.63) is 65.2 Å². The number of esters is 1. The molecule has 0 bridgehead atoms. The topological polar surface area (TPSA) is 72.5 Å². The minimum absolute atomic E-state index is 0.174. The Labute approximate surface area is 153 Å². The maximum absolute atomic E-state index is 12.4. The quantitative estimate of drug-likeness (QED) is 0.824. The first-order valence-corrected chi connectivity index (χ1v) is 8.36. The van der Waals surface area contributed by atoms with Crippen LogP contribution in [0.5, 0.6) is 0 Å². The molecule has 2 rings (SSSR count). The lowest BCUT2D eigenvalue weighted by Crippen LogP contribution is -2.26. The average Bonchev–Trinajstić information content (AvgIpc) is 2.59. The number of hydrogen-bond donors (Lipinski definition) is 1. The number of ether oxygens (including phenoxy) is 1. The van der Waals surface area contributed by atoms with Gasteiger partial charge in [0.1, 0.15) is 0 Å². The van der Waals surface area contributed by atoms with Gasteiger partial charge in [0.2, 0.25) is 0 Å². The van der Waals surface area contributed by atoms with E-state index < -0.39 is 11.4 Å². The minimum Gasteiger partial charge on any atom is -0.454 e. The molecule has 2 aromatic carbocycles. The molecule has 0 saturated heterocycles. The third-order valence-corrected chi connectivity index (χ3v) is 3.85. The van der Waals surface area contributed by atoms with Crippen LogP contribution in [0.3, 0.4) is 0 Å². The third-order valence-electron chi connectivity index (χ3n) is 3.85. The Morgan fingerprint density at radius 3 is 2.35 bits per heavy atom. The van der Waals surface area contributed by atoms with E-state index in [9.17, 15) is 14.4 Å². The highest BCUT2D eigenvalue weighted by Crippen LogP contribution is 2.19. The van der Waals surface area contributed by atoms with Crippen LogP contribution in [0, 0.1) is 12.3 Å². The van der Waals surface area contributed by atoms with Crippen molar-refractivity contribution in [2.45, 2.75) is 27.7 Å². The number of ketones is 1. The van der Waals surface area contributed by atoms with Gasteiger partial charge in [0, 0.05) is 11.0 Å². The second-order valence-corrected chi connectivity index (χ2v) is 7.12. The molecular formula is C21H23NO4. The Kier molecular flexibility index (Phi) is 5.93. The summed E-state index contributed by atoms with van der Waals surface area (Å²) < 4.78 is 5.12. The highest BCUT2D eigenvalue weighted by Gasteiger charge is 2.23.